The zero-order chi connectivity index (χ0) is 26.1. The lowest BCUT2D eigenvalue weighted by Crippen LogP contribution is -2.07. The molecule has 0 aliphatic heterocycles. The Morgan fingerprint density at radius 3 is 1.26 bits per heavy atom. The summed E-state index contributed by atoms with van der Waals surface area (Å²) in [5.41, 5.74) is 8.49. The molecular formula is C33H26N4O. The maximum absolute atomic E-state index is 14.4. The normalized spacial score (nSPS) is 11.0. The fourth-order valence-corrected chi connectivity index (χ4v) is 4.68. The molecule has 0 fully saturated rings. The van der Waals surface area contributed by atoms with Crippen molar-refractivity contribution in [2.75, 3.05) is 0 Å². The van der Waals surface area contributed by atoms with Gasteiger partial charge in [0, 0.05) is 11.1 Å². The molecule has 0 bridgehead atoms. The number of carbonyl (C=O) groups is 1. The van der Waals surface area contributed by atoms with Crippen LogP contribution in [0, 0.1) is 13.8 Å². The Morgan fingerprint density at radius 1 is 0.526 bits per heavy atom. The van der Waals surface area contributed by atoms with E-state index < -0.39 is 0 Å². The number of aryl methyl sites for hydroxylation is 2. The molecule has 0 unspecified atom stereocenters. The number of para-hydroxylation sites is 2. The molecular weight excluding hydrogens is 468 g/mol. The first kappa shape index (κ1) is 23.4. The molecule has 4 aromatic carbocycles. The Morgan fingerprint density at radius 2 is 0.895 bits per heavy atom. The molecule has 0 atom stereocenters. The topological polar surface area (TPSA) is 52.7 Å². The first-order valence-corrected chi connectivity index (χ1v) is 12.6. The van der Waals surface area contributed by atoms with Crippen LogP contribution in [0.5, 0.6) is 0 Å². The lowest BCUT2D eigenvalue weighted by Gasteiger charge is -2.12. The third kappa shape index (κ3) is 4.24. The Kier molecular flexibility index (Phi) is 6.02. The van der Waals surface area contributed by atoms with Crippen molar-refractivity contribution < 1.29 is 4.79 Å². The SMILES string of the molecule is Cc1ccc(-c2c(C(=O)c3cnn(-c4ccccc4)c3-c3ccc(C)cc3)cnn2-c2ccccc2)cc1. The standard InChI is InChI=1S/C33H26N4O/c1-23-13-17-25(18-14-23)31-29(21-34-36(31)27-9-5-3-6-10-27)33(38)30-22-35-37(28-11-7-4-8-12-28)32(30)26-19-15-24(2)16-20-26/h3-22H,1-2H3. The van der Waals surface area contributed by atoms with Crippen LogP contribution in [0.1, 0.15) is 27.0 Å². The predicted molar refractivity (Wildman–Crippen MR) is 151 cm³/mol. The highest BCUT2D eigenvalue weighted by atomic mass is 16.1. The number of ketones is 1. The van der Waals surface area contributed by atoms with Crippen LogP contribution in [-0.4, -0.2) is 25.3 Å². The van der Waals surface area contributed by atoms with E-state index in [4.69, 9.17) is 0 Å². The Labute approximate surface area is 221 Å². The molecule has 0 aliphatic rings. The van der Waals surface area contributed by atoms with Gasteiger partial charge >= 0.3 is 0 Å². The molecule has 0 aliphatic carbocycles. The number of nitrogens with zero attached hydrogens (tertiary/aromatic N) is 4. The highest BCUT2D eigenvalue weighted by molar-refractivity contribution is 6.15. The van der Waals surface area contributed by atoms with E-state index in [1.165, 1.54) is 0 Å². The van der Waals surface area contributed by atoms with Crippen molar-refractivity contribution in [3.05, 3.63) is 144 Å². The van der Waals surface area contributed by atoms with Gasteiger partial charge in [0.1, 0.15) is 0 Å². The number of hydrogen-bond donors (Lipinski definition) is 0. The van der Waals surface area contributed by atoms with Crippen LogP contribution in [0.4, 0.5) is 0 Å². The van der Waals surface area contributed by atoms with Gasteiger partial charge in [-0.25, -0.2) is 9.36 Å². The van der Waals surface area contributed by atoms with Crippen molar-refractivity contribution in [1.29, 1.82) is 0 Å². The largest absolute Gasteiger partial charge is 0.288 e. The van der Waals surface area contributed by atoms with Crippen molar-refractivity contribution in [3.8, 4) is 33.9 Å². The molecule has 2 heterocycles. The zero-order valence-corrected chi connectivity index (χ0v) is 21.2. The second kappa shape index (κ2) is 9.79. The predicted octanol–water partition coefficient (Wildman–Crippen LogP) is 7.24. The summed E-state index contributed by atoms with van der Waals surface area (Å²) >= 11 is 0. The number of aromatic nitrogens is 4. The summed E-state index contributed by atoms with van der Waals surface area (Å²) in [7, 11) is 0. The highest BCUT2D eigenvalue weighted by Gasteiger charge is 2.26. The van der Waals surface area contributed by atoms with Gasteiger partial charge in [-0.05, 0) is 38.1 Å². The molecule has 0 saturated carbocycles. The summed E-state index contributed by atoms with van der Waals surface area (Å²) in [5.74, 6) is -0.125. The minimum atomic E-state index is -0.125. The van der Waals surface area contributed by atoms with Crippen molar-refractivity contribution in [3.63, 3.8) is 0 Å². The zero-order valence-electron chi connectivity index (χ0n) is 21.2. The van der Waals surface area contributed by atoms with E-state index in [1.807, 2.05) is 94.3 Å². The molecule has 38 heavy (non-hydrogen) atoms. The Bertz CT molecular complexity index is 1580. The number of benzene rings is 4. The maximum atomic E-state index is 14.4. The monoisotopic (exact) mass is 494 g/mol. The fourth-order valence-electron chi connectivity index (χ4n) is 4.68. The highest BCUT2D eigenvalue weighted by Crippen LogP contribution is 2.33. The van der Waals surface area contributed by atoms with Crippen LogP contribution in [0.15, 0.2) is 122 Å². The van der Waals surface area contributed by atoms with E-state index in [1.54, 1.807) is 12.4 Å². The average Bonchev–Trinajstić information content (AvgIpc) is 3.60. The molecule has 6 rings (SSSR count). The number of carbonyl (C=O) groups excluding carboxylic acids is 1. The molecule has 0 amide bonds. The summed E-state index contributed by atoms with van der Waals surface area (Å²) < 4.78 is 3.68. The molecule has 0 N–H and O–H groups in total. The molecule has 0 radical (unpaired) electrons. The van der Waals surface area contributed by atoms with Gasteiger partial charge in [-0.2, -0.15) is 10.2 Å². The quantitative estimate of drug-likeness (QED) is 0.229. The fraction of sp³-hybridized carbons (Fsp3) is 0.0606. The van der Waals surface area contributed by atoms with E-state index in [0.29, 0.717) is 11.1 Å². The van der Waals surface area contributed by atoms with Crippen molar-refractivity contribution >= 4 is 5.78 Å². The van der Waals surface area contributed by atoms with Crippen molar-refractivity contribution in [2.24, 2.45) is 0 Å². The summed E-state index contributed by atoms with van der Waals surface area (Å²) in [5, 5.41) is 9.36. The molecule has 5 nitrogen and oxygen atoms in total. The molecule has 6 aromatic rings. The smallest absolute Gasteiger partial charge is 0.200 e. The molecule has 184 valence electrons. The van der Waals surface area contributed by atoms with Crippen LogP contribution in [-0.2, 0) is 0 Å². The second-order valence-corrected chi connectivity index (χ2v) is 9.37. The van der Waals surface area contributed by atoms with Crippen LogP contribution < -0.4 is 0 Å². The number of hydrogen-bond acceptors (Lipinski definition) is 3. The lowest BCUT2D eigenvalue weighted by molar-refractivity contribution is 0.104. The van der Waals surface area contributed by atoms with Gasteiger partial charge < -0.3 is 0 Å². The van der Waals surface area contributed by atoms with E-state index >= 15 is 0 Å². The molecule has 5 heteroatoms. The van der Waals surface area contributed by atoms with Gasteiger partial charge in [0.05, 0.1) is 46.3 Å². The van der Waals surface area contributed by atoms with Crippen LogP contribution in [0.2, 0.25) is 0 Å². The Hall–Kier alpha value is -5.03. The molecule has 2 aromatic heterocycles. The van der Waals surface area contributed by atoms with Crippen molar-refractivity contribution in [2.45, 2.75) is 13.8 Å². The Balaban J connectivity index is 1.56. The third-order valence-corrected chi connectivity index (χ3v) is 6.68. The van der Waals surface area contributed by atoms with Gasteiger partial charge in [0.15, 0.2) is 0 Å². The van der Waals surface area contributed by atoms with Gasteiger partial charge in [-0.15, -0.1) is 0 Å². The molecule has 0 saturated heterocycles. The minimum Gasteiger partial charge on any atom is -0.288 e. The summed E-state index contributed by atoms with van der Waals surface area (Å²) in [6.45, 7) is 4.10. The van der Waals surface area contributed by atoms with Crippen molar-refractivity contribution in [1.82, 2.24) is 19.6 Å². The average molecular weight is 495 g/mol. The van der Waals surface area contributed by atoms with E-state index in [-0.39, 0.29) is 5.78 Å². The second-order valence-electron chi connectivity index (χ2n) is 9.37. The van der Waals surface area contributed by atoms with E-state index in [0.717, 1.165) is 45.0 Å². The van der Waals surface area contributed by atoms with Crippen LogP contribution in [0.25, 0.3) is 33.9 Å². The first-order chi connectivity index (χ1) is 18.6. The summed E-state index contributed by atoms with van der Waals surface area (Å²) in [6, 6.07) is 36.1. The lowest BCUT2D eigenvalue weighted by atomic mass is 9.97. The third-order valence-electron chi connectivity index (χ3n) is 6.68. The summed E-state index contributed by atoms with van der Waals surface area (Å²) in [4.78, 5) is 14.4. The van der Waals surface area contributed by atoms with Gasteiger partial charge in [-0.1, -0.05) is 96.1 Å². The first-order valence-electron chi connectivity index (χ1n) is 12.6. The van der Waals surface area contributed by atoms with E-state index in [2.05, 4.69) is 48.3 Å². The summed E-state index contributed by atoms with van der Waals surface area (Å²) in [6.07, 6.45) is 3.34. The number of rotatable bonds is 6. The van der Waals surface area contributed by atoms with Gasteiger partial charge in [0.25, 0.3) is 0 Å². The van der Waals surface area contributed by atoms with Gasteiger partial charge in [0.2, 0.25) is 5.78 Å². The van der Waals surface area contributed by atoms with Gasteiger partial charge in [-0.3, -0.25) is 4.79 Å². The minimum absolute atomic E-state index is 0.125. The maximum Gasteiger partial charge on any atom is 0.200 e. The molecule has 0 spiro atoms. The van der Waals surface area contributed by atoms with Crippen LogP contribution >= 0.6 is 0 Å². The van der Waals surface area contributed by atoms with Crippen LogP contribution in [0.3, 0.4) is 0 Å². The van der Waals surface area contributed by atoms with E-state index in [9.17, 15) is 4.79 Å².